The van der Waals surface area contributed by atoms with E-state index in [0.29, 0.717) is 22.0 Å². The molecule has 10 heteroatoms. The lowest BCUT2D eigenvalue weighted by molar-refractivity contribution is -0.384. The van der Waals surface area contributed by atoms with E-state index < -0.39 is 16.7 Å². The number of halogens is 1. The third kappa shape index (κ3) is 5.25. The summed E-state index contributed by atoms with van der Waals surface area (Å²) < 4.78 is 5.08. The molecule has 0 aliphatic heterocycles. The lowest BCUT2D eigenvalue weighted by Crippen LogP contribution is -2.33. The second-order valence-corrected chi connectivity index (χ2v) is 5.68. The number of benzene rings is 2. The van der Waals surface area contributed by atoms with Crippen LogP contribution in [-0.2, 0) is 9.59 Å². The standard InChI is InChI=1S/C17H15ClN4O5/c1-10(11-4-3-5-13(8-11)22(25)26)20-21-17(24)16(23)19-14-9-12(18)6-7-15(14)27-2/h3-9H,1-2H3,(H,19,23)(H,21,24)/b20-10+. The quantitative estimate of drug-likeness (QED) is 0.351. The SMILES string of the molecule is COc1ccc(Cl)cc1NC(=O)C(=O)N/N=C(\C)c1cccc([N+](=O)[O-])c1. The molecule has 2 rings (SSSR count). The van der Waals surface area contributed by atoms with E-state index in [9.17, 15) is 19.7 Å². The number of nitro benzene ring substituents is 1. The molecule has 0 bridgehead atoms. The number of carbonyl (C=O) groups is 2. The molecule has 0 aliphatic carbocycles. The minimum Gasteiger partial charge on any atom is -0.495 e. The van der Waals surface area contributed by atoms with Crippen LogP contribution in [0.2, 0.25) is 5.02 Å². The van der Waals surface area contributed by atoms with Gasteiger partial charge in [-0.1, -0.05) is 23.7 Å². The van der Waals surface area contributed by atoms with Gasteiger partial charge in [-0.15, -0.1) is 0 Å². The summed E-state index contributed by atoms with van der Waals surface area (Å²) in [6.45, 7) is 1.54. The molecule has 9 nitrogen and oxygen atoms in total. The highest BCUT2D eigenvalue weighted by atomic mass is 35.5. The molecule has 2 N–H and O–H groups in total. The summed E-state index contributed by atoms with van der Waals surface area (Å²) in [4.78, 5) is 34.2. The summed E-state index contributed by atoms with van der Waals surface area (Å²) in [5.74, 6) is -1.68. The Morgan fingerprint density at radius 3 is 2.59 bits per heavy atom. The third-order valence-electron chi connectivity index (χ3n) is 3.42. The van der Waals surface area contributed by atoms with Crippen LogP contribution in [0.4, 0.5) is 11.4 Å². The van der Waals surface area contributed by atoms with E-state index in [-0.39, 0.29) is 11.4 Å². The van der Waals surface area contributed by atoms with E-state index in [2.05, 4.69) is 15.8 Å². The van der Waals surface area contributed by atoms with Gasteiger partial charge in [-0.25, -0.2) is 5.43 Å². The van der Waals surface area contributed by atoms with Gasteiger partial charge in [0.15, 0.2) is 0 Å². The van der Waals surface area contributed by atoms with Crippen molar-refractivity contribution in [2.45, 2.75) is 6.92 Å². The molecule has 0 saturated heterocycles. The van der Waals surface area contributed by atoms with Crippen LogP contribution < -0.4 is 15.5 Å². The Hall–Kier alpha value is -3.46. The van der Waals surface area contributed by atoms with Crippen molar-refractivity contribution in [3.8, 4) is 5.75 Å². The van der Waals surface area contributed by atoms with E-state index in [1.807, 2.05) is 0 Å². The summed E-state index contributed by atoms with van der Waals surface area (Å²) in [5, 5.41) is 17.3. The van der Waals surface area contributed by atoms with E-state index in [1.165, 1.54) is 38.3 Å². The number of amides is 2. The fraction of sp³-hybridized carbons (Fsp3) is 0.118. The number of carbonyl (C=O) groups excluding carboxylic acids is 2. The van der Waals surface area contributed by atoms with Crippen LogP contribution in [0.3, 0.4) is 0 Å². The number of methoxy groups -OCH3 is 1. The molecule has 2 aromatic rings. The van der Waals surface area contributed by atoms with Crippen molar-refractivity contribution in [2.24, 2.45) is 5.10 Å². The van der Waals surface area contributed by atoms with E-state index in [1.54, 1.807) is 18.2 Å². The fourth-order valence-electron chi connectivity index (χ4n) is 2.05. The lowest BCUT2D eigenvalue weighted by atomic mass is 10.1. The second kappa shape index (κ2) is 8.77. The molecule has 140 valence electrons. The minimum atomic E-state index is -1.03. The number of hydrazone groups is 1. The molecule has 0 heterocycles. The summed E-state index contributed by atoms with van der Waals surface area (Å²) in [7, 11) is 1.41. The molecule has 0 aromatic heterocycles. The van der Waals surface area contributed by atoms with Gasteiger partial charge in [-0.05, 0) is 25.1 Å². The number of nitro groups is 1. The monoisotopic (exact) mass is 390 g/mol. The normalized spacial score (nSPS) is 10.9. The average molecular weight is 391 g/mol. The Morgan fingerprint density at radius 2 is 1.93 bits per heavy atom. The first-order chi connectivity index (χ1) is 12.8. The molecule has 0 radical (unpaired) electrons. The first-order valence-corrected chi connectivity index (χ1v) is 7.93. The van der Waals surface area contributed by atoms with Crippen molar-refractivity contribution >= 4 is 40.5 Å². The van der Waals surface area contributed by atoms with Gasteiger partial charge in [0.05, 0.1) is 23.4 Å². The van der Waals surface area contributed by atoms with Crippen LogP contribution in [-0.4, -0.2) is 29.6 Å². The maximum atomic E-state index is 12.0. The van der Waals surface area contributed by atoms with Gasteiger partial charge in [-0.2, -0.15) is 5.10 Å². The Morgan fingerprint density at radius 1 is 1.19 bits per heavy atom. The number of rotatable bonds is 5. The van der Waals surface area contributed by atoms with Gasteiger partial charge in [-0.3, -0.25) is 19.7 Å². The first-order valence-electron chi connectivity index (χ1n) is 7.55. The van der Waals surface area contributed by atoms with Crippen LogP contribution >= 0.6 is 11.6 Å². The largest absolute Gasteiger partial charge is 0.495 e. The zero-order chi connectivity index (χ0) is 20.0. The number of anilines is 1. The molecule has 2 amide bonds. The number of hydrogen-bond donors (Lipinski definition) is 2. The summed E-state index contributed by atoms with van der Waals surface area (Å²) in [6.07, 6.45) is 0. The maximum absolute atomic E-state index is 12.0. The van der Waals surface area contributed by atoms with Crippen molar-refractivity contribution in [2.75, 3.05) is 12.4 Å². The van der Waals surface area contributed by atoms with Gasteiger partial charge >= 0.3 is 11.8 Å². The highest BCUT2D eigenvalue weighted by Gasteiger charge is 2.16. The van der Waals surface area contributed by atoms with E-state index in [4.69, 9.17) is 16.3 Å². The maximum Gasteiger partial charge on any atom is 0.329 e. The molecular weight excluding hydrogens is 376 g/mol. The molecule has 27 heavy (non-hydrogen) atoms. The molecular formula is C17H15ClN4O5. The van der Waals surface area contributed by atoms with Crippen molar-refractivity contribution < 1.29 is 19.2 Å². The summed E-state index contributed by atoms with van der Waals surface area (Å²) in [6, 6.07) is 10.3. The highest BCUT2D eigenvalue weighted by Crippen LogP contribution is 2.27. The Labute approximate surface area is 159 Å². The van der Waals surface area contributed by atoms with E-state index in [0.717, 1.165) is 0 Å². The number of nitrogens with zero attached hydrogens (tertiary/aromatic N) is 2. The summed E-state index contributed by atoms with van der Waals surface area (Å²) >= 11 is 5.87. The molecule has 0 spiro atoms. The van der Waals surface area contributed by atoms with Gasteiger partial charge in [0.1, 0.15) is 5.75 Å². The number of non-ortho nitro benzene ring substituents is 1. The van der Waals surface area contributed by atoms with Crippen molar-refractivity contribution in [1.29, 1.82) is 0 Å². The second-order valence-electron chi connectivity index (χ2n) is 5.24. The number of ether oxygens (including phenoxy) is 1. The molecule has 0 aliphatic rings. The Balaban J connectivity index is 2.07. The topological polar surface area (TPSA) is 123 Å². The zero-order valence-electron chi connectivity index (χ0n) is 14.4. The van der Waals surface area contributed by atoms with Crippen molar-refractivity contribution in [1.82, 2.24) is 5.43 Å². The molecule has 2 aromatic carbocycles. The van der Waals surface area contributed by atoms with Crippen LogP contribution in [0.25, 0.3) is 0 Å². The Bertz CT molecular complexity index is 929. The minimum absolute atomic E-state index is 0.112. The average Bonchev–Trinajstić information content (AvgIpc) is 2.66. The zero-order valence-corrected chi connectivity index (χ0v) is 15.1. The predicted octanol–water partition coefficient (Wildman–Crippen LogP) is 2.74. The highest BCUT2D eigenvalue weighted by molar-refractivity contribution is 6.40. The Kier molecular flexibility index (Phi) is 6.45. The predicted molar refractivity (Wildman–Crippen MR) is 100 cm³/mol. The lowest BCUT2D eigenvalue weighted by Gasteiger charge is -2.10. The van der Waals surface area contributed by atoms with Crippen LogP contribution in [0, 0.1) is 10.1 Å². The third-order valence-corrected chi connectivity index (χ3v) is 3.65. The number of nitrogens with one attached hydrogen (secondary N) is 2. The fourth-order valence-corrected chi connectivity index (χ4v) is 2.22. The molecule has 0 unspecified atom stereocenters. The van der Waals surface area contributed by atoms with Gasteiger partial charge in [0, 0.05) is 22.7 Å². The van der Waals surface area contributed by atoms with Crippen LogP contribution in [0.15, 0.2) is 47.6 Å². The number of hydrogen-bond acceptors (Lipinski definition) is 6. The molecule has 0 atom stereocenters. The van der Waals surface area contributed by atoms with Crippen molar-refractivity contribution in [3.05, 3.63) is 63.2 Å². The van der Waals surface area contributed by atoms with Gasteiger partial charge in [0.25, 0.3) is 5.69 Å². The molecule has 0 saturated carbocycles. The van der Waals surface area contributed by atoms with Crippen LogP contribution in [0.1, 0.15) is 12.5 Å². The smallest absolute Gasteiger partial charge is 0.329 e. The van der Waals surface area contributed by atoms with Crippen molar-refractivity contribution in [3.63, 3.8) is 0 Å². The van der Waals surface area contributed by atoms with Gasteiger partial charge < -0.3 is 10.1 Å². The van der Waals surface area contributed by atoms with E-state index >= 15 is 0 Å². The van der Waals surface area contributed by atoms with Gasteiger partial charge in [0.2, 0.25) is 0 Å². The molecule has 0 fully saturated rings. The first kappa shape index (κ1) is 19.9. The van der Waals surface area contributed by atoms with Crippen LogP contribution in [0.5, 0.6) is 5.75 Å². The summed E-state index contributed by atoms with van der Waals surface area (Å²) in [5.41, 5.74) is 2.93.